The quantitative estimate of drug-likeness (QED) is 0.888. The average Bonchev–Trinajstić information content (AvgIpc) is 2.98. The molecule has 0 aliphatic heterocycles. The molecule has 0 spiro atoms. The van der Waals surface area contributed by atoms with E-state index < -0.39 is 6.10 Å². The summed E-state index contributed by atoms with van der Waals surface area (Å²) in [5, 5.41) is 14.3. The second-order valence-electron chi connectivity index (χ2n) is 4.98. The molecular weight excluding hydrogens is 284 g/mol. The molecule has 21 heavy (non-hydrogen) atoms. The van der Waals surface area contributed by atoms with Crippen LogP contribution in [0.4, 0.5) is 10.5 Å². The van der Waals surface area contributed by atoms with E-state index in [0.29, 0.717) is 6.54 Å². The maximum atomic E-state index is 12.1. The molecule has 4 nitrogen and oxygen atoms in total. The lowest BCUT2D eigenvalue weighted by atomic mass is 10.1. The molecule has 112 valence electrons. The van der Waals surface area contributed by atoms with Crippen molar-refractivity contribution in [3.63, 3.8) is 0 Å². The van der Waals surface area contributed by atoms with Crippen LogP contribution in [-0.4, -0.2) is 29.6 Å². The Morgan fingerprint density at radius 2 is 2.05 bits per heavy atom. The first-order chi connectivity index (χ1) is 10.1. The van der Waals surface area contributed by atoms with Gasteiger partial charge in [-0.25, -0.2) is 4.79 Å². The van der Waals surface area contributed by atoms with E-state index in [-0.39, 0.29) is 6.03 Å². The molecule has 1 unspecified atom stereocenters. The predicted octanol–water partition coefficient (Wildman–Crippen LogP) is 3.51. The van der Waals surface area contributed by atoms with Crippen molar-refractivity contribution in [1.82, 2.24) is 4.90 Å². The van der Waals surface area contributed by atoms with Gasteiger partial charge in [0.25, 0.3) is 0 Å². The van der Waals surface area contributed by atoms with E-state index in [4.69, 9.17) is 0 Å². The smallest absolute Gasteiger partial charge is 0.321 e. The Morgan fingerprint density at radius 1 is 1.33 bits per heavy atom. The molecule has 1 heterocycles. The van der Waals surface area contributed by atoms with Crippen LogP contribution in [0.5, 0.6) is 0 Å². The zero-order valence-corrected chi connectivity index (χ0v) is 13.1. The zero-order valence-electron chi connectivity index (χ0n) is 12.2. The van der Waals surface area contributed by atoms with Gasteiger partial charge in [-0.15, -0.1) is 11.3 Å². The molecule has 1 aromatic carbocycles. The fourth-order valence-electron chi connectivity index (χ4n) is 1.90. The van der Waals surface area contributed by atoms with Crippen LogP contribution in [0.15, 0.2) is 41.8 Å². The van der Waals surface area contributed by atoms with Crippen molar-refractivity contribution in [2.45, 2.75) is 19.4 Å². The molecule has 2 N–H and O–H groups in total. The van der Waals surface area contributed by atoms with Gasteiger partial charge < -0.3 is 15.3 Å². The fourth-order valence-corrected chi connectivity index (χ4v) is 2.60. The van der Waals surface area contributed by atoms with Crippen molar-refractivity contribution in [3.05, 3.63) is 52.2 Å². The van der Waals surface area contributed by atoms with E-state index in [1.165, 1.54) is 4.88 Å². The lowest BCUT2D eigenvalue weighted by molar-refractivity contribution is 0.199. The van der Waals surface area contributed by atoms with Gasteiger partial charge in [0.15, 0.2) is 0 Å². The number of nitrogens with one attached hydrogen (secondary N) is 1. The monoisotopic (exact) mass is 304 g/mol. The molecule has 0 bridgehead atoms. The lowest BCUT2D eigenvalue weighted by Gasteiger charge is -2.17. The molecule has 2 amide bonds. The van der Waals surface area contributed by atoms with Gasteiger partial charge in [-0.2, -0.15) is 0 Å². The second-order valence-corrected chi connectivity index (χ2v) is 6.01. The van der Waals surface area contributed by atoms with Crippen LogP contribution < -0.4 is 5.32 Å². The molecule has 2 rings (SSSR count). The van der Waals surface area contributed by atoms with Crippen molar-refractivity contribution in [3.8, 4) is 0 Å². The number of hydrogen-bond donors (Lipinski definition) is 2. The Bertz CT molecular complexity index is 564. The maximum absolute atomic E-state index is 12.1. The van der Waals surface area contributed by atoms with E-state index in [1.807, 2.05) is 23.6 Å². The summed E-state index contributed by atoms with van der Waals surface area (Å²) in [5.41, 5.74) is 1.56. The van der Waals surface area contributed by atoms with Crippen LogP contribution in [-0.2, 0) is 6.42 Å². The largest absolute Gasteiger partial charge is 0.389 e. The van der Waals surface area contributed by atoms with Crippen molar-refractivity contribution in [2.24, 2.45) is 0 Å². The van der Waals surface area contributed by atoms with E-state index in [0.717, 1.165) is 17.7 Å². The van der Waals surface area contributed by atoms with E-state index in [9.17, 15) is 9.90 Å². The van der Waals surface area contributed by atoms with Crippen LogP contribution in [0.2, 0.25) is 0 Å². The fraction of sp³-hybridized carbons (Fsp3) is 0.312. The van der Waals surface area contributed by atoms with E-state index >= 15 is 0 Å². The number of hydrogen-bond acceptors (Lipinski definition) is 3. The van der Waals surface area contributed by atoms with E-state index in [2.05, 4.69) is 11.4 Å². The number of anilines is 1. The maximum Gasteiger partial charge on any atom is 0.321 e. The molecule has 1 aromatic heterocycles. The minimum atomic E-state index is -0.497. The first-order valence-corrected chi connectivity index (χ1v) is 7.77. The third-order valence-corrected chi connectivity index (χ3v) is 4.20. The summed E-state index contributed by atoms with van der Waals surface area (Å²) in [7, 11) is 1.78. The Morgan fingerprint density at radius 3 is 2.62 bits per heavy atom. The third kappa shape index (κ3) is 4.58. The number of urea groups is 1. The summed E-state index contributed by atoms with van der Waals surface area (Å²) in [5.74, 6) is 0. The lowest BCUT2D eigenvalue weighted by Crippen LogP contribution is -2.32. The number of carbonyl (C=O) groups is 1. The van der Waals surface area contributed by atoms with Gasteiger partial charge in [0, 0.05) is 24.2 Å². The molecule has 0 saturated carbocycles. The van der Waals surface area contributed by atoms with Crippen LogP contribution in [0.3, 0.4) is 0 Å². The number of carbonyl (C=O) groups excluding carboxylic acids is 1. The molecule has 0 fully saturated rings. The first kappa shape index (κ1) is 15.5. The van der Waals surface area contributed by atoms with Gasteiger partial charge in [-0.3, -0.25) is 0 Å². The summed E-state index contributed by atoms with van der Waals surface area (Å²) >= 11 is 1.70. The van der Waals surface area contributed by atoms with Crippen LogP contribution in [0.25, 0.3) is 0 Å². The number of aliphatic hydroxyl groups is 1. The number of aliphatic hydroxyl groups excluding tert-OH is 1. The van der Waals surface area contributed by atoms with Crippen LogP contribution >= 0.6 is 11.3 Å². The third-order valence-electron chi connectivity index (χ3n) is 3.26. The highest BCUT2D eigenvalue weighted by Crippen LogP contribution is 2.16. The van der Waals surface area contributed by atoms with Gasteiger partial charge in [0.2, 0.25) is 0 Å². The summed E-state index contributed by atoms with van der Waals surface area (Å²) in [6.45, 7) is 2.39. The molecular formula is C16H20N2O2S. The Kier molecular flexibility index (Phi) is 5.36. The summed E-state index contributed by atoms with van der Waals surface area (Å²) in [6, 6.07) is 11.2. The number of thiophene rings is 1. The molecule has 2 aromatic rings. The second kappa shape index (κ2) is 7.24. The SMILES string of the molecule is CC(O)c1ccc(NC(=O)N(C)CCc2cccs2)cc1. The van der Waals surface area contributed by atoms with Crippen LogP contribution in [0, 0.1) is 0 Å². The number of amides is 2. The standard InChI is InChI=1S/C16H20N2O2S/c1-12(19)13-5-7-14(8-6-13)17-16(20)18(2)10-9-15-4-3-11-21-15/h3-8,11-12,19H,9-10H2,1-2H3,(H,17,20). The molecule has 0 aliphatic carbocycles. The molecule has 0 aliphatic rings. The van der Waals surface area contributed by atoms with E-state index in [1.54, 1.807) is 42.3 Å². The molecule has 5 heteroatoms. The van der Waals surface area contributed by atoms with Crippen molar-refractivity contribution >= 4 is 23.1 Å². The first-order valence-electron chi connectivity index (χ1n) is 6.89. The van der Waals surface area contributed by atoms with Gasteiger partial charge in [0.05, 0.1) is 6.10 Å². The predicted molar refractivity (Wildman–Crippen MR) is 86.7 cm³/mol. The number of likely N-dealkylation sites (N-methyl/N-ethyl adjacent to an activating group) is 1. The summed E-state index contributed by atoms with van der Waals surface area (Å²) < 4.78 is 0. The Balaban J connectivity index is 1.85. The molecule has 1 atom stereocenters. The van der Waals surface area contributed by atoms with Crippen molar-refractivity contribution in [1.29, 1.82) is 0 Å². The summed E-state index contributed by atoms with van der Waals surface area (Å²) in [4.78, 5) is 15.0. The van der Waals surface area contributed by atoms with Crippen LogP contribution in [0.1, 0.15) is 23.5 Å². The minimum absolute atomic E-state index is 0.128. The highest BCUT2D eigenvalue weighted by Gasteiger charge is 2.09. The average molecular weight is 304 g/mol. The molecule has 0 radical (unpaired) electrons. The number of rotatable bonds is 5. The Hall–Kier alpha value is -1.85. The van der Waals surface area contributed by atoms with Gasteiger partial charge >= 0.3 is 6.03 Å². The number of benzene rings is 1. The highest BCUT2D eigenvalue weighted by molar-refractivity contribution is 7.09. The molecule has 0 saturated heterocycles. The van der Waals surface area contributed by atoms with Crippen molar-refractivity contribution in [2.75, 3.05) is 18.9 Å². The van der Waals surface area contributed by atoms with Crippen molar-refractivity contribution < 1.29 is 9.90 Å². The topological polar surface area (TPSA) is 52.6 Å². The Labute approximate surface area is 129 Å². The van der Waals surface area contributed by atoms with Gasteiger partial charge in [0.1, 0.15) is 0 Å². The normalized spacial score (nSPS) is 12.0. The zero-order chi connectivity index (χ0) is 15.2. The number of nitrogens with zero attached hydrogens (tertiary/aromatic N) is 1. The van der Waals surface area contributed by atoms with Gasteiger partial charge in [-0.1, -0.05) is 18.2 Å². The highest BCUT2D eigenvalue weighted by atomic mass is 32.1. The minimum Gasteiger partial charge on any atom is -0.389 e. The van der Waals surface area contributed by atoms with Gasteiger partial charge in [-0.05, 0) is 42.5 Å². The summed E-state index contributed by atoms with van der Waals surface area (Å²) in [6.07, 6.45) is 0.367.